The van der Waals surface area contributed by atoms with Crippen molar-refractivity contribution in [2.45, 2.75) is 32.4 Å². The molecule has 0 aromatic heterocycles. The average Bonchev–Trinajstić information content (AvgIpc) is 3.05. The summed E-state index contributed by atoms with van der Waals surface area (Å²) in [4.78, 5) is 29.3. The first-order valence-corrected chi connectivity index (χ1v) is 7.88. The molecule has 0 aliphatic carbocycles. The number of amides is 2. The third kappa shape index (κ3) is 4.79. The maximum Gasteiger partial charge on any atom is 0.264 e. The van der Waals surface area contributed by atoms with Crippen molar-refractivity contribution in [2.75, 3.05) is 20.3 Å². The number of carbonyl (C=O) groups is 2. The highest BCUT2D eigenvalue weighted by Gasteiger charge is 2.30. The minimum atomic E-state index is -0.712. The molecule has 1 aliphatic rings. The van der Waals surface area contributed by atoms with Gasteiger partial charge >= 0.3 is 0 Å². The van der Waals surface area contributed by atoms with E-state index in [0.717, 1.165) is 16.8 Å². The fourth-order valence-corrected chi connectivity index (χ4v) is 2.24. The molecule has 0 bridgehead atoms. The van der Waals surface area contributed by atoms with Crippen molar-refractivity contribution in [3.63, 3.8) is 0 Å². The number of aryl methyl sites for hydroxylation is 1. The number of rotatable bonds is 7. The van der Waals surface area contributed by atoms with Crippen molar-refractivity contribution in [3.8, 4) is 0 Å². The highest BCUT2D eigenvalue weighted by Crippen LogP contribution is 2.17. The SMILES string of the molecule is COCCNC(=O)[C@@H](C)NC(=O)[C@H]1CC(c2ccc(C)cc2)=NO1. The van der Waals surface area contributed by atoms with Crippen molar-refractivity contribution in [1.82, 2.24) is 10.6 Å². The molecule has 7 heteroatoms. The molecule has 0 spiro atoms. The number of carbonyl (C=O) groups excluding carboxylic acids is 2. The van der Waals surface area contributed by atoms with Crippen molar-refractivity contribution < 1.29 is 19.2 Å². The van der Waals surface area contributed by atoms with E-state index in [0.29, 0.717) is 19.6 Å². The van der Waals surface area contributed by atoms with Gasteiger partial charge in [-0.25, -0.2) is 0 Å². The monoisotopic (exact) mass is 333 g/mol. The Balaban J connectivity index is 1.82. The van der Waals surface area contributed by atoms with Crippen LogP contribution in [0.3, 0.4) is 0 Å². The Morgan fingerprint density at radius 3 is 2.75 bits per heavy atom. The van der Waals surface area contributed by atoms with Crippen LogP contribution < -0.4 is 10.6 Å². The second-order valence-corrected chi connectivity index (χ2v) is 5.72. The fraction of sp³-hybridized carbons (Fsp3) is 0.471. The van der Waals surface area contributed by atoms with E-state index in [4.69, 9.17) is 9.57 Å². The summed E-state index contributed by atoms with van der Waals surface area (Å²) in [5.74, 6) is -0.617. The molecule has 1 aliphatic heterocycles. The molecule has 130 valence electrons. The lowest BCUT2D eigenvalue weighted by Crippen LogP contribution is -2.48. The molecule has 24 heavy (non-hydrogen) atoms. The molecule has 2 amide bonds. The van der Waals surface area contributed by atoms with Crippen LogP contribution in [0.25, 0.3) is 0 Å². The first kappa shape index (κ1) is 17.9. The van der Waals surface area contributed by atoms with E-state index in [1.807, 2.05) is 31.2 Å². The van der Waals surface area contributed by atoms with Gasteiger partial charge in [-0.1, -0.05) is 35.0 Å². The van der Waals surface area contributed by atoms with Crippen LogP contribution in [0.2, 0.25) is 0 Å². The summed E-state index contributed by atoms with van der Waals surface area (Å²) in [7, 11) is 1.56. The summed E-state index contributed by atoms with van der Waals surface area (Å²) in [6.07, 6.45) is -0.331. The first-order chi connectivity index (χ1) is 11.5. The van der Waals surface area contributed by atoms with Crippen LogP contribution in [-0.2, 0) is 19.2 Å². The van der Waals surface area contributed by atoms with Gasteiger partial charge < -0.3 is 20.2 Å². The topological polar surface area (TPSA) is 89.0 Å². The zero-order valence-electron chi connectivity index (χ0n) is 14.2. The Morgan fingerprint density at radius 1 is 1.38 bits per heavy atom. The molecule has 2 rings (SSSR count). The van der Waals surface area contributed by atoms with Crippen molar-refractivity contribution in [3.05, 3.63) is 35.4 Å². The van der Waals surface area contributed by atoms with Crippen molar-refractivity contribution in [1.29, 1.82) is 0 Å². The van der Waals surface area contributed by atoms with E-state index < -0.39 is 12.1 Å². The Morgan fingerprint density at radius 2 is 2.08 bits per heavy atom. The molecule has 1 heterocycles. The molecular formula is C17H23N3O4. The van der Waals surface area contributed by atoms with Gasteiger partial charge in [0.2, 0.25) is 12.0 Å². The zero-order valence-corrected chi connectivity index (χ0v) is 14.2. The second-order valence-electron chi connectivity index (χ2n) is 5.72. The third-order valence-electron chi connectivity index (χ3n) is 3.70. The number of ether oxygens (including phenoxy) is 1. The van der Waals surface area contributed by atoms with Gasteiger partial charge in [-0.2, -0.15) is 0 Å². The number of hydrogen-bond acceptors (Lipinski definition) is 5. The van der Waals surface area contributed by atoms with E-state index in [9.17, 15) is 9.59 Å². The summed E-state index contributed by atoms with van der Waals surface area (Å²) in [6, 6.07) is 7.21. The fourth-order valence-electron chi connectivity index (χ4n) is 2.24. The summed E-state index contributed by atoms with van der Waals surface area (Å²) in [5.41, 5.74) is 2.81. The Bertz CT molecular complexity index is 613. The highest BCUT2D eigenvalue weighted by atomic mass is 16.6. The van der Waals surface area contributed by atoms with E-state index in [2.05, 4.69) is 15.8 Å². The van der Waals surface area contributed by atoms with Crippen LogP contribution in [0.5, 0.6) is 0 Å². The number of oxime groups is 1. The van der Waals surface area contributed by atoms with Crippen LogP contribution in [-0.4, -0.2) is 49.9 Å². The largest absolute Gasteiger partial charge is 0.383 e. The molecule has 0 saturated heterocycles. The van der Waals surface area contributed by atoms with Gasteiger partial charge in [0.05, 0.1) is 12.3 Å². The van der Waals surface area contributed by atoms with E-state index in [-0.39, 0.29) is 11.8 Å². The predicted octanol–water partition coefficient (Wildman–Crippen LogP) is 0.755. The van der Waals surface area contributed by atoms with Gasteiger partial charge in [0.1, 0.15) is 6.04 Å². The molecule has 2 N–H and O–H groups in total. The predicted molar refractivity (Wildman–Crippen MR) is 89.7 cm³/mol. The summed E-state index contributed by atoms with van der Waals surface area (Å²) < 4.78 is 4.86. The van der Waals surface area contributed by atoms with Crippen LogP contribution >= 0.6 is 0 Å². The third-order valence-corrected chi connectivity index (χ3v) is 3.70. The van der Waals surface area contributed by atoms with Gasteiger partial charge in [-0.3, -0.25) is 9.59 Å². The standard InChI is InChI=1S/C17H23N3O4/c1-11-4-6-13(7-5-11)14-10-15(24-20-14)17(22)19-12(2)16(21)18-8-9-23-3/h4-7,12,15H,8-10H2,1-3H3,(H,18,21)(H,19,22)/t12-,15-/m1/s1. The average molecular weight is 333 g/mol. The summed E-state index contributed by atoms with van der Waals surface area (Å²) in [6.45, 7) is 4.45. The Labute approximate surface area is 141 Å². The number of hydrogen-bond donors (Lipinski definition) is 2. The van der Waals surface area contributed by atoms with Crippen LogP contribution in [0, 0.1) is 6.92 Å². The Hall–Kier alpha value is -2.41. The van der Waals surface area contributed by atoms with Crippen molar-refractivity contribution in [2.24, 2.45) is 5.16 Å². The summed E-state index contributed by atoms with van der Waals surface area (Å²) in [5, 5.41) is 9.30. The number of nitrogens with zero attached hydrogens (tertiary/aromatic N) is 1. The number of methoxy groups -OCH3 is 1. The highest BCUT2D eigenvalue weighted by molar-refractivity contribution is 6.04. The Kier molecular flexibility index (Phi) is 6.31. The van der Waals surface area contributed by atoms with Gasteiger partial charge in [-0.15, -0.1) is 0 Å². The van der Waals surface area contributed by atoms with Crippen LogP contribution in [0.15, 0.2) is 29.4 Å². The first-order valence-electron chi connectivity index (χ1n) is 7.88. The second kappa shape index (κ2) is 8.44. The molecule has 0 saturated carbocycles. The van der Waals surface area contributed by atoms with Crippen LogP contribution in [0.1, 0.15) is 24.5 Å². The molecule has 1 aromatic carbocycles. The molecule has 0 fully saturated rings. The van der Waals surface area contributed by atoms with E-state index >= 15 is 0 Å². The zero-order chi connectivity index (χ0) is 17.5. The molecule has 1 aromatic rings. The molecular weight excluding hydrogens is 310 g/mol. The maximum absolute atomic E-state index is 12.2. The minimum absolute atomic E-state index is 0.266. The molecule has 0 unspecified atom stereocenters. The quantitative estimate of drug-likeness (QED) is 0.721. The lowest BCUT2D eigenvalue weighted by molar-refractivity contribution is -0.135. The van der Waals surface area contributed by atoms with Crippen LogP contribution in [0.4, 0.5) is 0 Å². The van der Waals surface area contributed by atoms with Gasteiger partial charge in [-0.05, 0) is 19.4 Å². The lowest BCUT2D eigenvalue weighted by Gasteiger charge is -2.16. The maximum atomic E-state index is 12.2. The van der Waals surface area contributed by atoms with Gasteiger partial charge in [0.15, 0.2) is 0 Å². The number of nitrogens with one attached hydrogen (secondary N) is 2. The molecule has 2 atom stereocenters. The molecule has 0 radical (unpaired) electrons. The smallest absolute Gasteiger partial charge is 0.264 e. The number of benzene rings is 1. The normalized spacial score (nSPS) is 17.6. The van der Waals surface area contributed by atoms with E-state index in [1.165, 1.54) is 0 Å². The van der Waals surface area contributed by atoms with Crippen molar-refractivity contribution >= 4 is 17.5 Å². The lowest BCUT2D eigenvalue weighted by atomic mass is 10.0. The molecule has 7 nitrogen and oxygen atoms in total. The minimum Gasteiger partial charge on any atom is -0.383 e. The summed E-state index contributed by atoms with van der Waals surface area (Å²) >= 11 is 0. The van der Waals surface area contributed by atoms with E-state index in [1.54, 1.807) is 14.0 Å². The van der Waals surface area contributed by atoms with Gasteiger partial charge in [0, 0.05) is 20.1 Å². The van der Waals surface area contributed by atoms with Gasteiger partial charge in [0.25, 0.3) is 5.91 Å².